The number of pyridine rings is 2. The van der Waals surface area contributed by atoms with Crippen LogP contribution in [0.25, 0.3) is 0 Å². The van der Waals surface area contributed by atoms with Gasteiger partial charge in [0.2, 0.25) is 17.4 Å². The number of aryl methyl sites for hydroxylation is 2. The first-order valence-electron chi connectivity index (χ1n) is 15.2. The minimum atomic E-state index is -0.830. The van der Waals surface area contributed by atoms with E-state index >= 15 is 0 Å². The van der Waals surface area contributed by atoms with Gasteiger partial charge in [-0.25, -0.2) is 0 Å². The van der Waals surface area contributed by atoms with Crippen molar-refractivity contribution < 1.29 is 28.6 Å². The third-order valence-corrected chi connectivity index (χ3v) is 7.75. The number of nitrogens with one attached hydrogen (secondary N) is 1. The minimum absolute atomic E-state index is 0.000546. The van der Waals surface area contributed by atoms with Crippen LogP contribution in [-0.2, 0) is 29.0 Å². The molecule has 0 aliphatic rings. The van der Waals surface area contributed by atoms with Gasteiger partial charge in [-0.3, -0.25) is 24.4 Å². The Morgan fingerprint density at radius 3 is 1.78 bits per heavy atom. The Hall–Kier alpha value is -5.25. The van der Waals surface area contributed by atoms with Crippen molar-refractivity contribution in [1.29, 1.82) is 0 Å². The van der Waals surface area contributed by atoms with Crippen molar-refractivity contribution in [3.8, 4) is 17.2 Å². The molecule has 240 valence electrons. The monoisotopic (exact) mass is 624 g/mol. The van der Waals surface area contributed by atoms with E-state index in [1.54, 1.807) is 24.8 Å². The number of hydrogen-bond acceptors (Lipinski definition) is 8. The number of ketones is 1. The third-order valence-electron chi connectivity index (χ3n) is 7.75. The van der Waals surface area contributed by atoms with Gasteiger partial charge in [0, 0.05) is 55.9 Å². The number of hydrogen-bond donors (Lipinski definition) is 1. The highest BCUT2D eigenvalue weighted by Gasteiger charge is 2.25. The van der Waals surface area contributed by atoms with Gasteiger partial charge in [-0.1, -0.05) is 30.3 Å². The number of benzene rings is 2. The van der Waals surface area contributed by atoms with Crippen molar-refractivity contribution in [2.24, 2.45) is 0 Å². The lowest BCUT2D eigenvalue weighted by molar-refractivity contribution is -0.134. The van der Waals surface area contributed by atoms with Gasteiger partial charge < -0.3 is 24.4 Å². The van der Waals surface area contributed by atoms with Gasteiger partial charge >= 0.3 is 0 Å². The lowest BCUT2D eigenvalue weighted by Crippen LogP contribution is -2.42. The van der Waals surface area contributed by atoms with Crippen molar-refractivity contribution in [3.05, 3.63) is 114 Å². The molecule has 0 saturated carbocycles. The second-order valence-corrected chi connectivity index (χ2v) is 10.7. The molecule has 2 aromatic heterocycles. The van der Waals surface area contributed by atoms with E-state index in [0.29, 0.717) is 12.3 Å². The van der Waals surface area contributed by atoms with Crippen LogP contribution < -0.4 is 19.5 Å². The number of ether oxygens (including phenoxy) is 3. The molecule has 0 atom stereocenters. The van der Waals surface area contributed by atoms with E-state index in [0.717, 1.165) is 42.4 Å². The van der Waals surface area contributed by atoms with E-state index in [1.807, 2.05) is 59.5 Å². The lowest BCUT2D eigenvalue weighted by atomic mass is 9.97. The normalized spacial score (nSPS) is 10.7. The Morgan fingerprint density at radius 2 is 1.28 bits per heavy atom. The summed E-state index contributed by atoms with van der Waals surface area (Å²) in [4.78, 5) is 49.9. The number of nitrogens with zero attached hydrogens (tertiary/aromatic N) is 3. The third kappa shape index (κ3) is 9.37. The first-order valence-corrected chi connectivity index (χ1v) is 15.2. The van der Waals surface area contributed by atoms with Crippen LogP contribution in [-0.4, -0.2) is 66.4 Å². The average Bonchev–Trinajstić information content (AvgIpc) is 3.11. The fourth-order valence-corrected chi connectivity index (χ4v) is 5.27. The van der Waals surface area contributed by atoms with E-state index in [9.17, 15) is 14.4 Å². The van der Waals surface area contributed by atoms with Crippen LogP contribution >= 0.6 is 0 Å². The summed E-state index contributed by atoms with van der Waals surface area (Å²) < 4.78 is 15.9. The van der Waals surface area contributed by atoms with Gasteiger partial charge in [0.1, 0.15) is 0 Å². The van der Waals surface area contributed by atoms with Gasteiger partial charge in [-0.15, -0.1) is 0 Å². The predicted octanol–water partition coefficient (Wildman–Crippen LogP) is 4.85. The molecule has 4 aromatic rings. The van der Waals surface area contributed by atoms with Crippen LogP contribution in [0, 0.1) is 0 Å². The zero-order valence-electron chi connectivity index (χ0n) is 26.5. The van der Waals surface area contributed by atoms with Crippen molar-refractivity contribution in [2.75, 3.05) is 27.9 Å². The number of rotatable bonds is 17. The van der Waals surface area contributed by atoms with E-state index in [4.69, 9.17) is 14.2 Å². The number of amides is 2. The van der Waals surface area contributed by atoms with E-state index in [2.05, 4.69) is 15.3 Å². The Kier molecular flexibility index (Phi) is 12.6. The molecule has 0 aliphatic carbocycles. The predicted molar refractivity (Wildman–Crippen MR) is 174 cm³/mol. The van der Waals surface area contributed by atoms with Crippen LogP contribution in [0.5, 0.6) is 17.2 Å². The molecule has 10 heteroatoms. The maximum atomic E-state index is 13.9. The van der Waals surface area contributed by atoms with Gasteiger partial charge in [0.05, 0.1) is 21.3 Å². The number of methoxy groups -OCH3 is 3. The zero-order valence-corrected chi connectivity index (χ0v) is 26.5. The van der Waals surface area contributed by atoms with Crippen molar-refractivity contribution in [2.45, 2.75) is 44.7 Å². The fourth-order valence-electron chi connectivity index (χ4n) is 5.27. The summed E-state index contributed by atoms with van der Waals surface area (Å²) in [6.07, 6.45) is 10.2. The fraction of sp³-hybridized carbons (Fsp3) is 0.306. The Balaban J connectivity index is 1.48. The number of aromatic nitrogens is 2. The molecule has 0 fully saturated rings. The van der Waals surface area contributed by atoms with Gasteiger partial charge in [0.15, 0.2) is 11.5 Å². The summed E-state index contributed by atoms with van der Waals surface area (Å²) in [5.74, 6) is -0.889. The molecule has 0 saturated heterocycles. The van der Waals surface area contributed by atoms with Gasteiger partial charge in [0.25, 0.3) is 5.91 Å². The van der Waals surface area contributed by atoms with Crippen LogP contribution in [0.2, 0.25) is 0 Å². The average molecular weight is 625 g/mol. The van der Waals surface area contributed by atoms with E-state index in [1.165, 1.54) is 33.5 Å². The molecule has 0 bridgehead atoms. The van der Waals surface area contributed by atoms with Crippen molar-refractivity contribution in [1.82, 2.24) is 20.2 Å². The Morgan fingerprint density at radius 1 is 0.739 bits per heavy atom. The summed E-state index contributed by atoms with van der Waals surface area (Å²) in [7, 11) is 4.31. The first kappa shape index (κ1) is 33.6. The molecule has 10 nitrogen and oxygen atoms in total. The largest absolute Gasteiger partial charge is 0.493 e. The molecule has 0 radical (unpaired) electrons. The molecule has 1 N–H and O–H groups in total. The molecule has 0 unspecified atom stereocenters. The van der Waals surface area contributed by atoms with E-state index < -0.39 is 11.7 Å². The standard InChI is InChI=1S/C36H40N4O6/c1-44-31-23-29(24-32(45-2)35(31)46-3)34(42)36(43)39-22-17-33(41)40(25-28-7-5-4-6-8-28)30(11-9-26-13-18-37-19-14-26)12-10-27-15-20-38-21-16-27/h4-8,13-16,18-21,23-24,30H,9-12,17,22,25H2,1-3H3,(H,39,43). The molecule has 46 heavy (non-hydrogen) atoms. The Labute approximate surface area is 269 Å². The molecule has 4 rings (SSSR count). The summed E-state index contributed by atoms with van der Waals surface area (Å²) >= 11 is 0. The molecule has 2 heterocycles. The SMILES string of the molecule is COc1cc(C(=O)C(=O)NCCC(=O)N(Cc2ccccc2)C(CCc2ccncc2)CCc2ccncc2)cc(OC)c1OC. The Bertz CT molecular complexity index is 1500. The van der Waals surface area contributed by atoms with Crippen LogP contribution in [0.1, 0.15) is 46.3 Å². The van der Waals surface area contributed by atoms with Crippen LogP contribution in [0.15, 0.2) is 91.5 Å². The summed E-state index contributed by atoms with van der Waals surface area (Å²) in [6, 6.07) is 20.6. The second-order valence-electron chi connectivity index (χ2n) is 10.7. The molecule has 2 aromatic carbocycles. The zero-order chi connectivity index (χ0) is 32.7. The maximum absolute atomic E-state index is 13.9. The second kappa shape index (κ2) is 17.3. The van der Waals surface area contributed by atoms with Crippen LogP contribution in [0.3, 0.4) is 0 Å². The highest BCUT2D eigenvalue weighted by atomic mass is 16.5. The van der Waals surface area contributed by atoms with Crippen LogP contribution in [0.4, 0.5) is 0 Å². The highest BCUT2D eigenvalue weighted by Crippen LogP contribution is 2.38. The summed E-state index contributed by atoms with van der Waals surface area (Å²) in [6.45, 7) is 0.426. The van der Waals surface area contributed by atoms with Crippen molar-refractivity contribution in [3.63, 3.8) is 0 Å². The highest BCUT2D eigenvalue weighted by molar-refractivity contribution is 6.43. The molecule has 2 amide bonds. The van der Waals surface area contributed by atoms with Crippen molar-refractivity contribution >= 4 is 17.6 Å². The molecule has 0 aliphatic heterocycles. The quantitative estimate of drug-likeness (QED) is 0.131. The smallest absolute Gasteiger partial charge is 0.292 e. The topological polar surface area (TPSA) is 120 Å². The van der Waals surface area contributed by atoms with Gasteiger partial charge in [-0.2, -0.15) is 0 Å². The molecule has 0 spiro atoms. The summed E-state index contributed by atoms with van der Waals surface area (Å²) in [5, 5.41) is 2.63. The molecular weight excluding hydrogens is 584 g/mol. The lowest BCUT2D eigenvalue weighted by Gasteiger charge is -2.33. The summed E-state index contributed by atoms with van der Waals surface area (Å²) in [5.41, 5.74) is 3.38. The maximum Gasteiger partial charge on any atom is 0.292 e. The number of Topliss-reactive ketones (excluding diaryl/α,β-unsaturated/α-hetero) is 1. The van der Waals surface area contributed by atoms with Gasteiger partial charge in [-0.05, 0) is 78.8 Å². The first-order chi connectivity index (χ1) is 22.4. The number of carbonyl (C=O) groups excluding carboxylic acids is 3. The minimum Gasteiger partial charge on any atom is -0.493 e. The molecular formula is C36H40N4O6. The number of carbonyl (C=O) groups is 3. The van der Waals surface area contributed by atoms with E-state index in [-0.39, 0.29) is 42.0 Å².